The van der Waals surface area contributed by atoms with Crippen LogP contribution in [0.1, 0.15) is 21.5 Å². The number of aromatic nitrogens is 3. The highest BCUT2D eigenvalue weighted by Gasteiger charge is 2.18. The Labute approximate surface area is 190 Å². The molecule has 0 aliphatic heterocycles. The topological polar surface area (TPSA) is 101 Å². The average molecular weight is 449 g/mol. The van der Waals surface area contributed by atoms with Gasteiger partial charge in [0.15, 0.2) is 17.2 Å². The van der Waals surface area contributed by atoms with Crippen LogP contribution in [-0.2, 0) is 6.54 Å². The Hall–Kier alpha value is -3.82. The number of benzene rings is 2. The number of anilines is 1. The summed E-state index contributed by atoms with van der Waals surface area (Å²) in [5.41, 5.74) is 3.93. The summed E-state index contributed by atoms with van der Waals surface area (Å²) in [5.74, 6) is -0.662. The van der Waals surface area contributed by atoms with Crippen molar-refractivity contribution in [3.8, 4) is 16.9 Å². The van der Waals surface area contributed by atoms with Crippen LogP contribution in [-0.4, -0.2) is 45.9 Å². The first-order valence-corrected chi connectivity index (χ1v) is 10.4. The number of halogens is 1. The fraction of sp³-hybridized carbons (Fsp3) is 0.208. The van der Waals surface area contributed by atoms with E-state index < -0.39 is 5.82 Å². The van der Waals surface area contributed by atoms with Crippen LogP contribution < -0.4 is 15.4 Å². The largest absolute Gasteiger partial charge is 0.494 e. The van der Waals surface area contributed by atoms with Crippen molar-refractivity contribution in [3.05, 3.63) is 77.5 Å². The van der Waals surface area contributed by atoms with Gasteiger partial charge in [-0.25, -0.2) is 4.39 Å². The molecule has 8 nitrogen and oxygen atoms in total. The predicted octanol–water partition coefficient (Wildman–Crippen LogP) is 3.19. The number of fused-ring (bicyclic) bond motifs is 1. The van der Waals surface area contributed by atoms with Gasteiger partial charge in [-0.15, -0.1) is 10.2 Å². The normalized spacial score (nSPS) is 11.0. The van der Waals surface area contributed by atoms with Gasteiger partial charge in [-0.2, -0.15) is 0 Å². The van der Waals surface area contributed by atoms with Gasteiger partial charge in [0.2, 0.25) is 0 Å². The molecule has 0 aliphatic carbocycles. The van der Waals surface area contributed by atoms with Gasteiger partial charge in [-0.3, -0.25) is 9.20 Å². The van der Waals surface area contributed by atoms with Crippen LogP contribution in [0.2, 0.25) is 0 Å². The van der Waals surface area contributed by atoms with Crippen LogP contribution in [0, 0.1) is 12.7 Å². The molecule has 33 heavy (non-hydrogen) atoms. The predicted molar refractivity (Wildman–Crippen MR) is 123 cm³/mol. The smallest absolute Gasteiger partial charge is 0.259 e. The number of aliphatic hydroxyl groups excluding tert-OH is 1. The molecule has 0 aliphatic rings. The highest BCUT2D eigenvalue weighted by molar-refractivity contribution is 6.09. The van der Waals surface area contributed by atoms with Gasteiger partial charge in [0.25, 0.3) is 5.91 Å². The monoisotopic (exact) mass is 449 g/mol. The van der Waals surface area contributed by atoms with Crippen molar-refractivity contribution >= 4 is 17.2 Å². The third-order valence-electron chi connectivity index (χ3n) is 5.37. The van der Waals surface area contributed by atoms with Gasteiger partial charge < -0.3 is 20.5 Å². The molecule has 0 fully saturated rings. The molecule has 0 saturated carbocycles. The zero-order valence-electron chi connectivity index (χ0n) is 18.3. The van der Waals surface area contributed by atoms with Crippen LogP contribution in [0.3, 0.4) is 0 Å². The van der Waals surface area contributed by atoms with Gasteiger partial charge in [0.05, 0.1) is 19.3 Å². The maximum absolute atomic E-state index is 14.9. The van der Waals surface area contributed by atoms with Crippen LogP contribution in [0.5, 0.6) is 5.75 Å². The summed E-state index contributed by atoms with van der Waals surface area (Å²) in [6.07, 6.45) is 3.35. The molecule has 3 N–H and O–H groups in total. The lowest BCUT2D eigenvalue weighted by Gasteiger charge is -2.15. The second kappa shape index (κ2) is 9.76. The third kappa shape index (κ3) is 4.55. The number of methoxy groups -OCH3 is 1. The molecule has 9 heteroatoms. The summed E-state index contributed by atoms with van der Waals surface area (Å²) < 4.78 is 21.6. The fourth-order valence-electron chi connectivity index (χ4n) is 3.70. The van der Waals surface area contributed by atoms with Gasteiger partial charge >= 0.3 is 0 Å². The maximum Gasteiger partial charge on any atom is 0.259 e. The van der Waals surface area contributed by atoms with Crippen molar-refractivity contribution in [1.29, 1.82) is 0 Å². The molecule has 0 bridgehead atoms. The number of amides is 1. The number of rotatable bonds is 8. The lowest BCUT2D eigenvalue weighted by atomic mass is 9.98. The molecule has 2 heterocycles. The third-order valence-corrected chi connectivity index (χ3v) is 5.37. The van der Waals surface area contributed by atoms with E-state index in [4.69, 9.17) is 9.84 Å². The van der Waals surface area contributed by atoms with E-state index in [1.54, 1.807) is 46.9 Å². The molecule has 2 aromatic heterocycles. The minimum Gasteiger partial charge on any atom is -0.494 e. The van der Waals surface area contributed by atoms with Gasteiger partial charge in [-0.1, -0.05) is 24.3 Å². The molecule has 4 aromatic rings. The Morgan fingerprint density at radius 1 is 1.21 bits per heavy atom. The lowest BCUT2D eigenvalue weighted by Crippen LogP contribution is -2.19. The molecule has 0 atom stereocenters. The Bertz CT molecular complexity index is 1300. The Kier molecular flexibility index (Phi) is 6.62. The highest BCUT2D eigenvalue weighted by Crippen LogP contribution is 2.34. The summed E-state index contributed by atoms with van der Waals surface area (Å²) in [6.45, 7) is 2.75. The van der Waals surface area contributed by atoms with E-state index in [2.05, 4.69) is 20.8 Å². The maximum atomic E-state index is 14.9. The standard InChI is InChI=1S/C24H24FN5O3/c1-15-17(18-6-4-8-21(33-2)22(18)25)5-3-7-20(15)28-24(32)19-11-16(12-26-9-10-31)13-30-14-27-29-23(19)30/h3-8,11,13-14,26,31H,9-10,12H2,1-2H3,(H,28,32). The number of pyridine rings is 1. The highest BCUT2D eigenvalue weighted by atomic mass is 19.1. The summed E-state index contributed by atoms with van der Waals surface area (Å²) in [5, 5.41) is 23.0. The number of aliphatic hydroxyl groups is 1. The summed E-state index contributed by atoms with van der Waals surface area (Å²) in [6, 6.07) is 12.0. The first kappa shape index (κ1) is 22.4. The van der Waals surface area contributed by atoms with Crippen molar-refractivity contribution in [2.45, 2.75) is 13.5 Å². The summed E-state index contributed by atoms with van der Waals surface area (Å²) in [4.78, 5) is 13.2. The number of ether oxygens (including phenoxy) is 1. The second-order valence-corrected chi connectivity index (χ2v) is 7.48. The first-order valence-electron chi connectivity index (χ1n) is 10.4. The van der Waals surface area contributed by atoms with Crippen LogP contribution in [0.4, 0.5) is 10.1 Å². The van der Waals surface area contributed by atoms with Gasteiger partial charge in [0, 0.05) is 30.5 Å². The minimum atomic E-state index is -0.458. The molecule has 0 spiro atoms. The average Bonchev–Trinajstić information content (AvgIpc) is 3.29. The van der Waals surface area contributed by atoms with E-state index in [0.29, 0.717) is 41.1 Å². The zero-order valence-corrected chi connectivity index (χ0v) is 18.3. The summed E-state index contributed by atoms with van der Waals surface area (Å²) in [7, 11) is 1.42. The van der Waals surface area contributed by atoms with E-state index in [0.717, 1.165) is 11.1 Å². The second-order valence-electron chi connectivity index (χ2n) is 7.48. The molecule has 4 rings (SSSR count). The number of carbonyl (C=O) groups is 1. The van der Waals surface area contributed by atoms with Crippen molar-refractivity contribution in [1.82, 2.24) is 19.9 Å². The zero-order chi connectivity index (χ0) is 23.4. The number of nitrogens with zero attached hydrogens (tertiary/aromatic N) is 3. The van der Waals surface area contributed by atoms with Gasteiger partial charge in [0.1, 0.15) is 6.33 Å². The van der Waals surface area contributed by atoms with Crippen molar-refractivity contribution in [3.63, 3.8) is 0 Å². The molecule has 0 unspecified atom stereocenters. The SMILES string of the molecule is COc1cccc(-c2cccc(NC(=O)c3cc(CNCCO)cn4cnnc34)c2C)c1F. The Morgan fingerprint density at radius 2 is 2.00 bits per heavy atom. The van der Waals surface area contributed by atoms with Crippen LogP contribution >= 0.6 is 0 Å². The van der Waals surface area contributed by atoms with E-state index in [-0.39, 0.29) is 18.3 Å². The number of hydrogen-bond acceptors (Lipinski definition) is 6. The molecular formula is C24H24FN5O3. The van der Waals surface area contributed by atoms with E-state index in [9.17, 15) is 9.18 Å². The number of nitrogens with one attached hydrogen (secondary N) is 2. The molecule has 0 saturated heterocycles. The minimum absolute atomic E-state index is 0.0196. The quantitative estimate of drug-likeness (QED) is 0.357. The molecule has 170 valence electrons. The molecule has 2 aromatic carbocycles. The van der Waals surface area contributed by atoms with Crippen LogP contribution in [0.25, 0.3) is 16.8 Å². The van der Waals surface area contributed by atoms with Crippen LogP contribution in [0.15, 0.2) is 55.0 Å². The first-order chi connectivity index (χ1) is 16.0. The fourth-order valence-corrected chi connectivity index (χ4v) is 3.70. The number of carbonyl (C=O) groups excluding carboxylic acids is 1. The molecular weight excluding hydrogens is 425 g/mol. The number of hydrogen-bond donors (Lipinski definition) is 3. The van der Waals surface area contributed by atoms with E-state index >= 15 is 0 Å². The Balaban J connectivity index is 1.67. The van der Waals surface area contributed by atoms with Gasteiger partial charge in [-0.05, 0) is 41.8 Å². The molecule has 1 amide bonds. The van der Waals surface area contributed by atoms with Crippen molar-refractivity contribution in [2.75, 3.05) is 25.6 Å². The Morgan fingerprint density at radius 3 is 2.79 bits per heavy atom. The lowest BCUT2D eigenvalue weighted by molar-refractivity contribution is 0.102. The molecule has 0 radical (unpaired) electrons. The van der Waals surface area contributed by atoms with Crippen molar-refractivity contribution < 1.29 is 19.0 Å². The van der Waals surface area contributed by atoms with Crippen molar-refractivity contribution in [2.24, 2.45) is 0 Å². The van der Waals surface area contributed by atoms with E-state index in [1.165, 1.54) is 13.4 Å². The summed E-state index contributed by atoms with van der Waals surface area (Å²) >= 11 is 0. The van der Waals surface area contributed by atoms with E-state index in [1.807, 2.05) is 13.1 Å².